The summed E-state index contributed by atoms with van der Waals surface area (Å²) < 4.78 is 14.8. The summed E-state index contributed by atoms with van der Waals surface area (Å²) in [6.45, 7) is 3.88. The number of benzene rings is 2. The zero-order chi connectivity index (χ0) is 18.7. The standard InChI is InChI=1S/C20H18FN3O2/c1-13-3-6-15(7-4-13)12-24-19(25)10-9-18(23-24)20(26)22-16-8-5-14(2)17(21)11-16/h3-11H,12H2,1-2H3,(H,22,26). The summed E-state index contributed by atoms with van der Waals surface area (Å²) in [4.78, 5) is 24.4. The molecule has 3 aromatic rings. The number of anilines is 1. The Hall–Kier alpha value is -3.28. The molecule has 2 aromatic carbocycles. The molecule has 1 amide bonds. The lowest BCUT2D eigenvalue weighted by Crippen LogP contribution is -2.26. The van der Waals surface area contributed by atoms with Gasteiger partial charge in [-0.2, -0.15) is 5.10 Å². The van der Waals surface area contributed by atoms with Gasteiger partial charge in [0.2, 0.25) is 0 Å². The fourth-order valence-corrected chi connectivity index (χ4v) is 2.42. The van der Waals surface area contributed by atoms with Crippen LogP contribution in [0.3, 0.4) is 0 Å². The number of hydrogen-bond donors (Lipinski definition) is 1. The normalized spacial score (nSPS) is 10.6. The van der Waals surface area contributed by atoms with Gasteiger partial charge in [-0.1, -0.05) is 35.9 Å². The highest BCUT2D eigenvalue weighted by atomic mass is 19.1. The van der Waals surface area contributed by atoms with E-state index in [1.165, 1.54) is 22.9 Å². The van der Waals surface area contributed by atoms with E-state index < -0.39 is 11.7 Å². The van der Waals surface area contributed by atoms with E-state index in [1.54, 1.807) is 19.1 Å². The molecule has 26 heavy (non-hydrogen) atoms. The summed E-state index contributed by atoms with van der Waals surface area (Å²) in [6.07, 6.45) is 0. The highest BCUT2D eigenvalue weighted by Crippen LogP contribution is 2.14. The summed E-state index contributed by atoms with van der Waals surface area (Å²) in [5, 5.41) is 6.71. The van der Waals surface area contributed by atoms with Crippen LogP contribution in [-0.4, -0.2) is 15.7 Å². The molecule has 0 spiro atoms. The van der Waals surface area contributed by atoms with Crippen molar-refractivity contribution >= 4 is 11.6 Å². The van der Waals surface area contributed by atoms with Crippen LogP contribution in [0.5, 0.6) is 0 Å². The largest absolute Gasteiger partial charge is 0.320 e. The van der Waals surface area contributed by atoms with Gasteiger partial charge in [-0.05, 0) is 43.2 Å². The molecule has 0 aliphatic heterocycles. The van der Waals surface area contributed by atoms with Crippen molar-refractivity contribution < 1.29 is 9.18 Å². The minimum absolute atomic E-state index is 0.0812. The topological polar surface area (TPSA) is 64.0 Å². The summed E-state index contributed by atoms with van der Waals surface area (Å²) in [5.74, 6) is -0.911. The Morgan fingerprint density at radius 3 is 2.50 bits per heavy atom. The summed E-state index contributed by atoms with van der Waals surface area (Å²) in [7, 11) is 0. The summed E-state index contributed by atoms with van der Waals surface area (Å²) in [6, 6.07) is 14.8. The molecular weight excluding hydrogens is 333 g/mol. The molecule has 132 valence electrons. The van der Waals surface area contributed by atoms with Gasteiger partial charge >= 0.3 is 0 Å². The van der Waals surface area contributed by atoms with Crippen molar-refractivity contribution in [3.05, 3.63) is 93.2 Å². The first-order chi connectivity index (χ1) is 12.4. The highest BCUT2D eigenvalue weighted by Gasteiger charge is 2.11. The van der Waals surface area contributed by atoms with Crippen LogP contribution in [0.25, 0.3) is 0 Å². The Morgan fingerprint density at radius 1 is 1.08 bits per heavy atom. The Kier molecular flexibility index (Phi) is 4.93. The molecule has 1 aromatic heterocycles. The Morgan fingerprint density at radius 2 is 1.81 bits per heavy atom. The lowest BCUT2D eigenvalue weighted by Gasteiger charge is -2.09. The molecule has 6 heteroatoms. The third-order valence-corrected chi connectivity index (χ3v) is 3.98. The van der Waals surface area contributed by atoms with E-state index in [4.69, 9.17) is 0 Å². The molecule has 3 rings (SSSR count). The fourth-order valence-electron chi connectivity index (χ4n) is 2.42. The van der Waals surface area contributed by atoms with Gasteiger partial charge in [-0.15, -0.1) is 0 Å². The van der Waals surface area contributed by atoms with Gasteiger partial charge in [0.15, 0.2) is 0 Å². The molecular formula is C20H18FN3O2. The van der Waals surface area contributed by atoms with Gasteiger partial charge in [-0.3, -0.25) is 9.59 Å². The molecule has 0 atom stereocenters. The van der Waals surface area contributed by atoms with Crippen molar-refractivity contribution in [1.29, 1.82) is 0 Å². The molecule has 1 heterocycles. The molecule has 0 bridgehead atoms. The predicted octanol–water partition coefficient (Wildman–Crippen LogP) is 3.30. The van der Waals surface area contributed by atoms with Crippen molar-refractivity contribution in [3.8, 4) is 0 Å². The van der Waals surface area contributed by atoms with Crippen LogP contribution in [0.2, 0.25) is 0 Å². The Bertz CT molecular complexity index is 1010. The van der Waals surface area contributed by atoms with Gasteiger partial charge in [-0.25, -0.2) is 9.07 Å². The van der Waals surface area contributed by atoms with Crippen molar-refractivity contribution in [2.24, 2.45) is 0 Å². The second-order valence-electron chi connectivity index (χ2n) is 6.12. The predicted molar refractivity (Wildman–Crippen MR) is 97.9 cm³/mol. The number of nitrogens with zero attached hydrogens (tertiary/aromatic N) is 2. The number of aryl methyl sites for hydroxylation is 2. The molecule has 0 saturated carbocycles. The molecule has 0 saturated heterocycles. The smallest absolute Gasteiger partial charge is 0.276 e. The summed E-state index contributed by atoms with van der Waals surface area (Å²) in [5.41, 5.74) is 2.63. The Balaban J connectivity index is 1.81. The third kappa shape index (κ3) is 4.03. The number of carbonyl (C=O) groups excluding carboxylic acids is 1. The maximum atomic E-state index is 13.6. The van der Waals surface area contributed by atoms with Crippen LogP contribution in [-0.2, 0) is 6.54 Å². The van der Waals surface area contributed by atoms with Crippen LogP contribution in [0.4, 0.5) is 10.1 Å². The molecule has 5 nitrogen and oxygen atoms in total. The quantitative estimate of drug-likeness (QED) is 0.784. The molecule has 0 aliphatic rings. The van der Waals surface area contributed by atoms with Gasteiger partial charge in [0.25, 0.3) is 11.5 Å². The van der Waals surface area contributed by atoms with Crippen molar-refractivity contribution in [1.82, 2.24) is 9.78 Å². The molecule has 0 radical (unpaired) electrons. The van der Waals surface area contributed by atoms with Gasteiger partial charge in [0, 0.05) is 11.8 Å². The lowest BCUT2D eigenvalue weighted by molar-refractivity contribution is 0.102. The molecule has 0 aliphatic carbocycles. The fraction of sp³-hybridized carbons (Fsp3) is 0.150. The van der Waals surface area contributed by atoms with E-state index in [2.05, 4.69) is 10.4 Å². The van der Waals surface area contributed by atoms with E-state index in [0.29, 0.717) is 11.3 Å². The SMILES string of the molecule is Cc1ccc(Cn2nc(C(=O)Nc3ccc(C)c(F)c3)ccc2=O)cc1. The number of amides is 1. The van der Waals surface area contributed by atoms with E-state index >= 15 is 0 Å². The maximum absolute atomic E-state index is 13.6. The second kappa shape index (κ2) is 7.31. The maximum Gasteiger partial charge on any atom is 0.276 e. The average molecular weight is 351 g/mol. The highest BCUT2D eigenvalue weighted by molar-refractivity contribution is 6.02. The molecule has 1 N–H and O–H groups in total. The minimum atomic E-state index is -0.508. The number of hydrogen-bond acceptors (Lipinski definition) is 3. The van der Waals surface area contributed by atoms with E-state index in [9.17, 15) is 14.0 Å². The zero-order valence-corrected chi connectivity index (χ0v) is 14.5. The van der Waals surface area contributed by atoms with E-state index in [1.807, 2.05) is 31.2 Å². The summed E-state index contributed by atoms with van der Waals surface area (Å²) >= 11 is 0. The van der Waals surface area contributed by atoms with Crippen LogP contribution in [0, 0.1) is 19.7 Å². The van der Waals surface area contributed by atoms with Crippen molar-refractivity contribution in [3.63, 3.8) is 0 Å². The average Bonchev–Trinajstić information content (AvgIpc) is 2.62. The number of nitrogens with one attached hydrogen (secondary N) is 1. The van der Waals surface area contributed by atoms with Gasteiger partial charge in [0.05, 0.1) is 6.54 Å². The zero-order valence-electron chi connectivity index (χ0n) is 14.5. The monoisotopic (exact) mass is 351 g/mol. The van der Waals surface area contributed by atoms with Gasteiger partial charge < -0.3 is 5.32 Å². The Labute approximate surface area is 150 Å². The second-order valence-corrected chi connectivity index (χ2v) is 6.12. The number of carbonyl (C=O) groups is 1. The van der Waals surface area contributed by atoms with Crippen LogP contribution in [0.15, 0.2) is 59.4 Å². The van der Waals surface area contributed by atoms with Crippen molar-refractivity contribution in [2.45, 2.75) is 20.4 Å². The number of halogens is 1. The van der Waals surface area contributed by atoms with E-state index in [-0.39, 0.29) is 17.8 Å². The van der Waals surface area contributed by atoms with Crippen LogP contribution < -0.4 is 10.9 Å². The molecule has 0 fully saturated rings. The first-order valence-electron chi connectivity index (χ1n) is 8.13. The van der Waals surface area contributed by atoms with E-state index in [0.717, 1.165) is 11.1 Å². The van der Waals surface area contributed by atoms with Crippen LogP contribution >= 0.6 is 0 Å². The minimum Gasteiger partial charge on any atom is -0.320 e. The lowest BCUT2D eigenvalue weighted by atomic mass is 10.1. The molecule has 0 unspecified atom stereocenters. The van der Waals surface area contributed by atoms with Gasteiger partial charge in [0.1, 0.15) is 11.5 Å². The number of rotatable bonds is 4. The first kappa shape index (κ1) is 17.5. The third-order valence-electron chi connectivity index (χ3n) is 3.98. The van der Waals surface area contributed by atoms with Crippen molar-refractivity contribution in [2.75, 3.05) is 5.32 Å². The first-order valence-corrected chi connectivity index (χ1v) is 8.13. The number of aromatic nitrogens is 2. The van der Waals surface area contributed by atoms with Crippen LogP contribution in [0.1, 0.15) is 27.2 Å².